The van der Waals surface area contributed by atoms with E-state index in [1.807, 2.05) is 0 Å². The summed E-state index contributed by atoms with van der Waals surface area (Å²) in [4.78, 5) is 0. The summed E-state index contributed by atoms with van der Waals surface area (Å²) in [5.41, 5.74) is -0.0853. The summed E-state index contributed by atoms with van der Waals surface area (Å²) in [5.74, 6) is -0.767. The highest BCUT2D eigenvalue weighted by atomic mass is 127. The Morgan fingerprint density at radius 1 is 1.05 bits per heavy atom. The van der Waals surface area contributed by atoms with E-state index in [4.69, 9.17) is 0 Å². The molecule has 0 amide bonds. The Morgan fingerprint density at radius 2 is 1.60 bits per heavy atom. The Balaban J connectivity index is 3.01. The van der Waals surface area contributed by atoms with E-state index in [2.05, 4.69) is 4.74 Å². The van der Waals surface area contributed by atoms with Crippen molar-refractivity contribution >= 4 is 22.6 Å². The first-order valence-corrected chi connectivity index (χ1v) is 6.68. The molecule has 0 aliphatic heterocycles. The van der Waals surface area contributed by atoms with E-state index in [9.17, 15) is 30.7 Å². The van der Waals surface area contributed by atoms with Gasteiger partial charge in [0.25, 0.3) is 0 Å². The fraction of sp³-hybridized carbons (Fsp3) is 0.455. The molecule has 0 spiro atoms. The lowest BCUT2D eigenvalue weighted by atomic mass is 10.1. The standard InChI is InChI=1S/C11H8F7IO/c12-7-3-1-2-6(4-7)8(5-19)20-9(10(13,14)15)11(16,17)18/h1-4,8-9H,5H2. The minimum Gasteiger partial charge on any atom is -0.352 e. The topological polar surface area (TPSA) is 9.23 Å². The van der Waals surface area contributed by atoms with Crippen LogP contribution in [0.2, 0.25) is 0 Å². The van der Waals surface area contributed by atoms with Gasteiger partial charge in [0, 0.05) is 4.43 Å². The van der Waals surface area contributed by atoms with Gasteiger partial charge in [-0.2, -0.15) is 26.3 Å². The molecule has 0 radical (unpaired) electrons. The van der Waals surface area contributed by atoms with Crippen molar-refractivity contribution < 1.29 is 35.5 Å². The Morgan fingerprint density at radius 3 is 2.00 bits per heavy atom. The lowest BCUT2D eigenvalue weighted by Crippen LogP contribution is -2.45. The third-order valence-corrected chi connectivity index (χ3v) is 3.06. The van der Waals surface area contributed by atoms with Crippen LogP contribution in [-0.2, 0) is 4.74 Å². The fourth-order valence-corrected chi connectivity index (χ4v) is 2.13. The summed E-state index contributed by atoms with van der Waals surface area (Å²) in [6.07, 6.45) is -16.6. The van der Waals surface area contributed by atoms with Gasteiger partial charge in [-0.25, -0.2) is 4.39 Å². The van der Waals surface area contributed by atoms with Crippen LogP contribution >= 0.6 is 22.6 Å². The van der Waals surface area contributed by atoms with Crippen molar-refractivity contribution in [3.63, 3.8) is 0 Å². The van der Waals surface area contributed by atoms with Crippen LogP contribution in [0.3, 0.4) is 0 Å². The number of halogens is 8. The normalized spacial score (nSPS) is 14.7. The van der Waals surface area contributed by atoms with Crippen molar-refractivity contribution in [3.05, 3.63) is 35.6 Å². The first kappa shape index (κ1) is 17.5. The quantitative estimate of drug-likeness (QED) is 0.389. The molecule has 0 aromatic heterocycles. The van der Waals surface area contributed by atoms with Crippen molar-refractivity contribution in [1.29, 1.82) is 0 Å². The summed E-state index contributed by atoms with van der Waals surface area (Å²) in [6, 6.07) is 4.26. The molecular weight excluding hydrogens is 408 g/mol. The average Bonchev–Trinajstić information content (AvgIpc) is 2.26. The van der Waals surface area contributed by atoms with Gasteiger partial charge in [-0.1, -0.05) is 34.7 Å². The molecule has 1 rings (SSSR count). The van der Waals surface area contributed by atoms with Gasteiger partial charge in [-0.3, -0.25) is 0 Å². The fourth-order valence-electron chi connectivity index (χ4n) is 1.42. The maximum absolute atomic E-state index is 13.0. The Kier molecular flexibility index (Phi) is 5.64. The third kappa shape index (κ3) is 4.76. The van der Waals surface area contributed by atoms with Crippen molar-refractivity contribution in [3.8, 4) is 0 Å². The average molecular weight is 416 g/mol. The SMILES string of the molecule is Fc1cccc(C(CI)OC(C(F)(F)F)C(F)(F)F)c1. The summed E-state index contributed by atoms with van der Waals surface area (Å²) in [6.45, 7) is 0. The highest BCUT2D eigenvalue weighted by molar-refractivity contribution is 14.1. The third-order valence-electron chi connectivity index (χ3n) is 2.26. The zero-order chi connectivity index (χ0) is 15.6. The lowest BCUT2D eigenvalue weighted by Gasteiger charge is -2.27. The van der Waals surface area contributed by atoms with Crippen LogP contribution in [0.4, 0.5) is 30.7 Å². The molecule has 1 nitrogen and oxygen atoms in total. The summed E-state index contributed by atoms with van der Waals surface area (Å²) >= 11 is 1.57. The molecule has 0 saturated heterocycles. The van der Waals surface area contributed by atoms with E-state index in [-0.39, 0.29) is 9.99 Å². The zero-order valence-electron chi connectivity index (χ0n) is 9.60. The van der Waals surface area contributed by atoms with Gasteiger partial charge >= 0.3 is 12.4 Å². The molecule has 9 heteroatoms. The molecule has 1 aromatic carbocycles. The smallest absolute Gasteiger partial charge is 0.352 e. The molecule has 1 atom stereocenters. The second-order valence-electron chi connectivity index (χ2n) is 3.80. The first-order chi connectivity index (χ1) is 9.05. The van der Waals surface area contributed by atoms with Crippen molar-refractivity contribution in [2.45, 2.75) is 24.6 Å². The first-order valence-electron chi connectivity index (χ1n) is 5.16. The largest absolute Gasteiger partial charge is 0.423 e. The Hall–Kier alpha value is -0.580. The van der Waals surface area contributed by atoms with Gasteiger partial charge in [0.1, 0.15) is 5.82 Å². The van der Waals surface area contributed by atoms with E-state index in [0.29, 0.717) is 0 Å². The zero-order valence-corrected chi connectivity index (χ0v) is 11.8. The van der Waals surface area contributed by atoms with Crippen molar-refractivity contribution in [2.24, 2.45) is 0 Å². The van der Waals surface area contributed by atoms with Gasteiger partial charge in [-0.15, -0.1) is 0 Å². The number of rotatable bonds is 4. The van der Waals surface area contributed by atoms with Crippen molar-refractivity contribution in [1.82, 2.24) is 0 Å². The lowest BCUT2D eigenvalue weighted by molar-refractivity contribution is -0.330. The molecule has 0 aliphatic carbocycles. The summed E-state index contributed by atoms with van der Waals surface area (Å²) in [7, 11) is 0. The maximum Gasteiger partial charge on any atom is 0.423 e. The van der Waals surface area contributed by atoms with Crippen LogP contribution in [0.5, 0.6) is 0 Å². The van der Waals surface area contributed by atoms with Crippen LogP contribution in [-0.4, -0.2) is 22.9 Å². The van der Waals surface area contributed by atoms with Gasteiger partial charge in [0.05, 0.1) is 6.10 Å². The summed E-state index contributed by atoms with van der Waals surface area (Å²) in [5, 5.41) is 0. The number of hydrogen-bond acceptors (Lipinski definition) is 1. The van der Waals surface area contributed by atoms with E-state index in [0.717, 1.165) is 12.1 Å². The molecule has 0 saturated carbocycles. The van der Waals surface area contributed by atoms with E-state index < -0.39 is 30.4 Å². The molecule has 0 N–H and O–H groups in total. The van der Waals surface area contributed by atoms with Crippen LogP contribution < -0.4 is 0 Å². The van der Waals surface area contributed by atoms with Crippen LogP contribution in [0.15, 0.2) is 24.3 Å². The van der Waals surface area contributed by atoms with Gasteiger partial charge in [0.2, 0.25) is 6.10 Å². The van der Waals surface area contributed by atoms with Crippen LogP contribution in [0.1, 0.15) is 11.7 Å². The number of alkyl halides is 7. The molecule has 0 aliphatic rings. The minimum atomic E-state index is -5.59. The van der Waals surface area contributed by atoms with Gasteiger partial charge < -0.3 is 4.74 Å². The van der Waals surface area contributed by atoms with Crippen LogP contribution in [0, 0.1) is 5.82 Å². The molecule has 1 aromatic rings. The monoisotopic (exact) mass is 416 g/mol. The van der Waals surface area contributed by atoms with Gasteiger partial charge in [0.15, 0.2) is 0 Å². The Labute approximate surface area is 123 Å². The molecule has 0 bridgehead atoms. The molecular formula is C11H8F7IO. The van der Waals surface area contributed by atoms with E-state index in [1.165, 1.54) is 12.1 Å². The molecule has 0 heterocycles. The predicted octanol–water partition coefficient (Wildman–Crippen LogP) is 4.81. The second kappa shape index (κ2) is 6.46. The van der Waals surface area contributed by atoms with Crippen LogP contribution in [0.25, 0.3) is 0 Å². The Bertz CT molecular complexity index is 429. The van der Waals surface area contributed by atoms with Crippen molar-refractivity contribution in [2.75, 3.05) is 4.43 Å². The second-order valence-corrected chi connectivity index (χ2v) is 4.68. The maximum atomic E-state index is 13.0. The number of ether oxygens (including phenoxy) is 1. The minimum absolute atomic E-state index is 0.0853. The van der Waals surface area contributed by atoms with E-state index >= 15 is 0 Å². The number of benzene rings is 1. The molecule has 20 heavy (non-hydrogen) atoms. The summed E-state index contributed by atoms with van der Waals surface area (Å²) < 4.78 is 91.2. The highest BCUT2D eigenvalue weighted by Crippen LogP contribution is 2.39. The predicted molar refractivity (Wildman–Crippen MR) is 65.0 cm³/mol. The van der Waals surface area contributed by atoms with E-state index in [1.54, 1.807) is 22.6 Å². The molecule has 1 unspecified atom stereocenters. The highest BCUT2D eigenvalue weighted by Gasteiger charge is 2.58. The molecule has 0 fully saturated rings. The number of hydrogen-bond donors (Lipinski definition) is 0. The molecule has 114 valence electrons. The van der Waals surface area contributed by atoms with Gasteiger partial charge in [-0.05, 0) is 17.7 Å².